The summed E-state index contributed by atoms with van der Waals surface area (Å²) in [5.41, 5.74) is 8.60. The number of hydrogen-bond donors (Lipinski definition) is 1. The molecule has 1 unspecified atom stereocenters. The monoisotopic (exact) mass is 220 g/mol. The van der Waals surface area contributed by atoms with E-state index in [9.17, 15) is 4.39 Å². The van der Waals surface area contributed by atoms with E-state index < -0.39 is 0 Å². The molecule has 2 aromatic rings. The Morgan fingerprint density at radius 3 is 2.75 bits per heavy atom. The average Bonchev–Trinajstić information content (AvgIpc) is 2.63. The molecule has 2 N–H and O–H groups in total. The van der Waals surface area contributed by atoms with Crippen molar-refractivity contribution in [2.45, 2.75) is 13.0 Å². The van der Waals surface area contributed by atoms with Gasteiger partial charge in [-0.25, -0.2) is 4.39 Å². The van der Waals surface area contributed by atoms with E-state index in [4.69, 9.17) is 5.73 Å². The molecule has 16 heavy (non-hydrogen) atoms. The molecule has 5 heteroatoms. The van der Waals surface area contributed by atoms with Gasteiger partial charge in [-0.3, -0.25) is 4.68 Å². The minimum Gasteiger partial charge on any atom is -0.319 e. The van der Waals surface area contributed by atoms with Crippen LogP contribution in [0.3, 0.4) is 0 Å². The Morgan fingerprint density at radius 1 is 1.44 bits per heavy atom. The molecule has 0 spiro atoms. The van der Waals surface area contributed by atoms with Crippen LogP contribution >= 0.6 is 0 Å². The predicted octanol–water partition coefficient (Wildman–Crippen LogP) is 1.31. The van der Waals surface area contributed by atoms with Crippen LogP contribution in [-0.2, 0) is 7.05 Å². The first-order valence-corrected chi connectivity index (χ1v) is 4.96. The maximum Gasteiger partial charge on any atom is 0.123 e. The number of rotatable bonds is 2. The SMILES string of the molecule is Cc1cc(F)ccc1C(N)c1cnnn1C. The van der Waals surface area contributed by atoms with Gasteiger partial charge in [0.25, 0.3) is 0 Å². The number of nitrogens with two attached hydrogens (primary N) is 1. The molecule has 2 rings (SSSR count). The summed E-state index contributed by atoms with van der Waals surface area (Å²) in [4.78, 5) is 0. The van der Waals surface area contributed by atoms with Crippen LogP contribution in [0.25, 0.3) is 0 Å². The lowest BCUT2D eigenvalue weighted by molar-refractivity contribution is 0.621. The molecular formula is C11H13FN4. The van der Waals surface area contributed by atoms with Crippen molar-refractivity contribution in [3.63, 3.8) is 0 Å². The van der Waals surface area contributed by atoms with Crippen molar-refractivity contribution >= 4 is 0 Å². The molecule has 0 amide bonds. The van der Waals surface area contributed by atoms with E-state index in [0.29, 0.717) is 0 Å². The summed E-state index contributed by atoms with van der Waals surface area (Å²) in [5, 5.41) is 7.60. The normalized spacial score (nSPS) is 12.8. The van der Waals surface area contributed by atoms with E-state index >= 15 is 0 Å². The molecule has 1 heterocycles. The maximum absolute atomic E-state index is 13.0. The summed E-state index contributed by atoms with van der Waals surface area (Å²) in [5.74, 6) is -0.253. The zero-order valence-electron chi connectivity index (χ0n) is 9.18. The van der Waals surface area contributed by atoms with Crippen molar-refractivity contribution in [2.24, 2.45) is 12.8 Å². The Morgan fingerprint density at radius 2 is 2.19 bits per heavy atom. The molecule has 1 aromatic heterocycles. The second-order valence-corrected chi connectivity index (χ2v) is 3.76. The van der Waals surface area contributed by atoms with E-state index in [1.807, 2.05) is 6.92 Å². The topological polar surface area (TPSA) is 56.7 Å². The molecule has 84 valence electrons. The standard InChI is InChI=1S/C11H13FN4/c1-7-5-8(12)3-4-9(7)11(13)10-6-14-15-16(10)2/h3-6,11H,13H2,1-2H3. The first-order chi connectivity index (χ1) is 7.59. The summed E-state index contributed by atoms with van der Waals surface area (Å²) in [7, 11) is 1.78. The Bertz CT molecular complexity index is 506. The van der Waals surface area contributed by atoms with Crippen molar-refractivity contribution in [1.29, 1.82) is 0 Å². The zero-order valence-corrected chi connectivity index (χ0v) is 9.18. The molecule has 4 nitrogen and oxygen atoms in total. The maximum atomic E-state index is 13.0. The molecule has 0 aliphatic carbocycles. The van der Waals surface area contributed by atoms with Gasteiger partial charge in [0.05, 0.1) is 17.9 Å². The molecule has 0 saturated carbocycles. The molecule has 0 aliphatic rings. The highest BCUT2D eigenvalue weighted by Gasteiger charge is 2.15. The van der Waals surface area contributed by atoms with Crippen molar-refractivity contribution in [3.8, 4) is 0 Å². The Labute approximate surface area is 92.9 Å². The molecule has 0 aliphatic heterocycles. The first-order valence-electron chi connectivity index (χ1n) is 4.96. The highest BCUT2D eigenvalue weighted by atomic mass is 19.1. The third-order valence-electron chi connectivity index (χ3n) is 2.64. The Kier molecular flexibility index (Phi) is 2.70. The fourth-order valence-corrected chi connectivity index (χ4v) is 1.73. The van der Waals surface area contributed by atoms with E-state index in [-0.39, 0.29) is 11.9 Å². The fraction of sp³-hybridized carbons (Fsp3) is 0.273. The highest BCUT2D eigenvalue weighted by Crippen LogP contribution is 2.22. The van der Waals surface area contributed by atoms with Crippen LogP contribution in [0.5, 0.6) is 0 Å². The number of benzene rings is 1. The third-order valence-corrected chi connectivity index (χ3v) is 2.64. The van der Waals surface area contributed by atoms with Crippen molar-refractivity contribution in [3.05, 3.63) is 47.0 Å². The van der Waals surface area contributed by atoms with Crippen molar-refractivity contribution in [1.82, 2.24) is 15.0 Å². The van der Waals surface area contributed by atoms with Gasteiger partial charge in [0.15, 0.2) is 0 Å². The van der Waals surface area contributed by atoms with Crippen LogP contribution in [0.15, 0.2) is 24.4 Å². The summed E-state index contributed by atoms with van der Waals surface area (Å²) in [6.07, 6.45) is 1.62. The van der Waals surface area contributed by atoms with Crippen LogP contribution in [0.2, 0.25) is 0 Å². The lowest BCUT2D eigenvalue weighted by Crippen LogP contribution is -2.17. The summed E-state index contributed by atoms with van der Waals surface area (Å²) < 4.78 is 14.6. The highest BCUT2D eigenvalue weighted by molar-refractivity contribution is 5.33. The minimum absolute atomic E-state index is 0.253. The number of halogens is 1. The van der Waals surface area contributed by atoms with E-state index in [0.717, 1.165) is 16.8 Å². The van der Waals surface area contributed by atoms with E-state index in [1.54, 1.807) is 24.0 Å². The van der Waals surface area contributed by atoms with Gasteiger partial charge in [0.2, 0.25) is 0 Å². The first kappa shape index (κ1) is 10.8. The smallest absolute Gasteiger partial charge is 0.123 e. The second kappa shape index (κ2) is 4.02. The van der Waals surface area contributed by atoms with Gasteiger partial charge < -0.3 is 5.73 Å². The summed E-state index contributed by atoms with van der Waals surface area (Å²) >= 11 is 0. The van der Waals surface area contributed by atoms with E-state index in [1.165, 1.54) is 12.1 Å². The van der Waals surface area contributed by atoms with Gasteiger partial charge in [0, 0.05) is 7.05 Å². The van der Waals surface area contributed by atoms with Gasteiger partial charge >= 0.3 is 0 Å². The van der Waals surface area contributed by atoms with Gasteiger partial charge in [-0.2, -0.15) is 0 Å². The number of aryl methyl sites for hydroxylation is 2. The van der Waals surface area contributed by atoms with Crippen LogP contribution < -0.4 is 5.73 Å². The van der Waals surface area contributed by atoms with Crippen LogP contribution in [-0.4, -0.2) is 15.0 Å². The number of hydrogen-bond acceptors (Lipinski definition) is 3. The average molecular weight is 220 g/mol. The van der Waals surface area contributed by atoms with Gasteiger partial charge in [-0.1, -0.05) is 11.3 Å². The van der Waals surface area contributed by atoms with Gasteiger partial charge in [-0.15, -0.1) is 5.10 Å². The van der Waals surface area contributed by atoms with Gasteiger partial charge in [0.1, 0.15) is 5.82 Å². The Balaban J connectivity index is 2.41. The third kappa shape index (κ3) is 1.81. The van der Waals surface area contributed by atoms with Crippen LogP contribution in [0, 0.1) is 12.7 Å². The molecule has 0 radical (unpaired) electrons. The van der Waals surface area contributed by atoms with Crippen molar-refractivity contribution < 1.29 is 4.39 Å². The van der Waals surface area contributed by atoms with Crippen LogP contribution in [0.1, 0.15) is 22.9 Å². The van der Waals surface area contributed by atoms with Crippen LogP contribution in [0.4, 0.5) is 4.39 Å². The molecule has 1 atom stereocenters. The molecule has 0 bridgehead atoms. The van der Waals surface area contributed by atoms with Crippen molar-refractivity contribution in [2.75, 3.05) is 0 Å². The minimum atomic E-state index is -0.333. The largest absolute Gasteiger partial charge is 0.319 e. The number of aromatic nitrogens is 3. The van der Waals surface area contributed by atoms with Gasteiger partial charge in [-0.05, 0) is 30.2 Å². The molecule has 0 fully saturated rings. The second-order valence-electron chi connectivity index (χ2n) is 3.76. The quantitative estimate of drug-likeness (QED) is 0.830. The summed E-state index contributed by atoms with van der Waals surface area (Å²) in [6, 6.07) is 4.24. The lowest BCUT2D eigenvalue weighted by atomic mass is 10.00. The fourth-order valence-electron chi connectivity index (χ4n) is 1.73. The Hall–Kier alpha value is -1.75. The zero-order chi connectivity index (χ0) is 11.7. The van der Waals surface area contributed by atoms with E-state index in [2.05, 4.69) is 10.3 Å². The molecule has 1 aromatic carbocycles. The lowest BCUT2D eigenvalue weighted by Gasteiger charge is -2.14. The molecule has 0 saturated heterocycles. The number of nitrogens with zero attached hydrogens (tertiary/aromatic N) is 3. The molecular weight excluding hydrogens is 207 g/mol. The predicted molar refractivity (Wildman–Crippen MR) is 58.2 cm³/mol. The summed E-state index contributed by atoms with van der Waals surface area (Å²) in [6.45, 7) is 1.84.